The van der Waals surface area contributed by atoms with Crippen LogP contribution in [-0.4, -0.2) is 110 Å². The molecule has 3 saturated heterocycles. The number of rotatable bonds is 13. The van der Waals surface area contributed by atoms with E-state index in [0.29, 0.717) is 37.1 Å². The van der Waals surface area contributed by atoms with Gasteiger partial charge >= 0.3 is 0 Å². The molecule has 17 heteroatoms. The topological polar surface area (TPSA) is 175 Å². The number of anilines is 2. The number of fused-ring (bicyclic) bond motifs is 1. The lowest BCUT2D eigenvalue weighted by molar-refractivity contribution is -0.384. The highest BCUT2D eigenvalue weighted by molar-refractivity contribution is 7.90. The van der Waals surface area contributed by atoms with E-state index in [2.05, 4.69) is 60.7 Å². The lowest BCUT2D eigenvalue weighted by Gasteiger charge is -2.43. The first-order valence-electron chi connectivity index (χ1n) is 21.4. The zero-order valence-corrected chi connectivity index (χ0v) is 36.9. The van der Waals surface area contributed by atoms with Crippen molar-refractivity contribution in [3.8, 4) is 11.5 Å². The second-order valence-corrected chi connectivity index (χ2v) is 19.9. The van der Waals surface area contributed by atoms with E-state index in [1.54, 1.807) is 30.5 Å². The molecule has 3 N–H and O–H groups in total. The molecule has 1 unspecified atom stereocenters. The first-order chi connectivity index (χ1) is 30.3. The molecule has 1 atom stereocenters. The Hall–Kier alpha value is -5.52. The third-order valence-corrected chi connectivity index (χ3v) is 14.3. The molecule has 3 aliphatic heterocycles. The highest BCUT2D eigenvalue weighted by Crippen LogP contribution is 2.43. The van der Waals surface area contributed by atoms with Crippen LogP contribution in [0.2, 0.25) is 5.02 Å². The molecule has 0 saturated carbocycles. The molecule has 5 aromatic rings. The van der Waals surface area contributed by atoms with E-state index in [0.717, 1.165) is 87.2 Å². The number of nitro benzene ring substituents is 1. The molecule has 330 valence electrons. The van der Waals surface area contributed by atoms with Gasteiger partial charge in [-0.15, -0.1) is 0 Å². The van der Waals surface area contributed by atoms with Crippen LogP contribution in [0.25, 0.3) is 16.6 Å². The van der Waals surface area contributed by atoms with Crippen molar-refractivity contribution in [2.75, 3.05) is 69.2 Å². The van der Waals surface area contributed by atoms with Gasteiger partial charge in [0.2, 0.25) is 0 Å². The first-order valence-corrected chi connectivity index (χ1v) is 23.3. The van der Waals surface area contributed by atoms with Crippen molar-refractivity contribution in [2.24, 2.45) is 5.41 Å². The molecule has 3 fully saturated rings. The number of nitro groups is 1. The van der Waals surface area contributed by atoms with E-state index in [1.165, 1.54) is 35.0 Å². The number of nitrogens with one attached hydrogen (secondary N) is 3. The molecule has 63 heavy (non-hydrogen) atoms. The minimum atomic E-state index is -4.56. The van der Waals surface area contributed by atoms with Crippen molar-refractivity contribution in [3.63, 3.8) is 0 Å². The summed E-state index contributed by atoms with van der Waals surface area (Å²) in [7, 11) is -4.56. The second kappa shape index (κ2) is 17.6. The molecule has 3 aromatic carbocycles. The molecule has 4 aliphatic rings. The molecular formula is C46H51ClN8O7S. The van der Waals surface area contributed by atoms with E-state index in [9.17, 15) is 23.3 Å². The van der Waals surface area contributed by atoms with Crippen molar-refractivity contribution in [2.45, 2.75) is 56.5 Å². The summed E-state index contributed by atoms with van der Waals surface area (Å²) in [6.45, 7) is 11.4. The zero-order valence-electron chi connectivity index (χ0n) is 35.3. The molecule has 2 aromatic heterocycles. The van der Waals surface area contributed by atoms with Crippen LogP contribution in [0.1, 0.15) is 55.5 Å². The number of H-pyrrole nitrogens is 1. The molecule has 9 rings (SSSR count). The SMILES string of the molecule is CC1(C)CCC(CN2CCN(c3ccc(C(=O)NS(=O)(=O)c4ccc(NC5CN(C6CCOC6)C5)c([N+](=O)[O-])c4)c(Oc4cnc5[nH]ccc5c4)c3)CC2)=C(c2ccc(Cl)cc2)C1. The number of carbonyl (C=O) groups excluding carboxylic acids is 1. The maximum absolute atomic E-state index is 14.0. The number of likely N-dealkylation sites (tertiary alicyclic amines) is 1. The Morgan fingerprint density at radius 3 is 2.59 bits per heavy atom. The van der Waals surface area contributed by atoms with Crippen molar-refractivity contribution in [3.05, 3.63) is 117 Å². The monoisotopic (exact) mass is 894 g/mol. The van der Waals surface area contributed by atoms with Gasteiger partial charge in [-0.2, -0.15) is 0 Å². The number of hydrogen-bond donors (Lipinski definition) is 3. The van der Waals surface area contributed by atoms with E-state index < -0.39 is 31.4 Å². The summed E-state index contributed by atoms with van der Waals surface area (Å²) >= 11 is 6.24. The Bertz CT molecular complexity index is 2670. The van der Waals surface area contributed by atoms with Gasteiger partial charge in [-0.05, 0) is 90.8 Å². The van der Waals surface area contributed by atoms with Crippen LogP contribution in [0.15, 0.2) is 95.7 Å². The third kappa shape index (κ3) is 9.55. The average molecular weight is 895 g/mol. The van der Waals surface area contributed by atoms with Gasteiger partial charge in [-0.25, -0.2) is 18.1 Å². The number of halogens is 1. The Morgan fingerprint density at radius 2 is 1.84 bits per heavy atom. The quantitative estimate of drug-likeness (QED) is 0.0777. The maximum Gasteiger partial charge on any atom is 0.293 e. The summed E-state index contributed by atoms with van der Waals surface area (Å²) in [5.74, 6) is -0.467. The summed E-state index contributed by atoms with van der Waals surface area (Å²) < 4.78 is 41.4. The van der Waals surface area contributed by atoms with Gasteiger partial charge in [-0.1, -0.05) is 43.2 Å². The van der Waals surface area contributed by atoms with Gasteiger partial charge in [0, 0.05) is 92.9 Å². The molecule has 1 aliphatic carbocycles. The fourth-order valence-corrected chi connectivity index (χ4v) is 10.2. The molecule has 0 radical (unpaired) electrons. The highest BCUT2D eigenvalue weighted by Gasteiger charge is 2.36. The lowest BCUT2D eigenvalue weighted by atomic mass is 9.72. The van der Waals surface area contributed by atoms with Crippen LogP contribution in [-0.2, 0) is 14.8 Å². The standard InChI is InChI=1S/C46H51ClN8O7S/c1-46(2)14-11-32(40(24-46)30-3-5-33(47)6-4-30)26-52-16-18-53(19-17-52)35-7-9-39(43(22-35)62-37-21-31-12-15-48-44(31)49-25-37)45(56)51-63(59,60)38-8-10-41(42(23-38)55(57)58)50-34-27-54(28-34)36-13-20-61-29-36/h3-10,12,15,21-23,25,34,36,50H,11,13-14,16-20,24,26-29H2,1-2H3,(H,48,49)(H,51,56). The van der Waals surface area contributed by atoms with Gasteiger partial charge in [0.1, 0.15) is 22.8 Å². The van der Waals surface area contributed by atoms with Crippen LogP contribution < -0.4 is 19.7 Å². The summed E-state index contributed by atoms with van der Waals surface area (Å²) in [4.78, 5) is 39.5. The number of allylic oxidation sites excluding steroid dienone is 1. The van der Waals surface area contributed by atoms with Crippen molar-refractivity contribution in [1.29, 1.82) is 0 Å². The molecule has 1 amide bonds. The molecule has 5 heterocycles. The van der Waals surface area contributed by atoms with Gasteiger partial charge in [0.05, 0.1) is 34.2 Å². The van der Waals surface area contributed by atoms with E-state index in [-0.39, 0.29) is 28.5 Å². The number of ether oxygens (including phenoxy) is 2. The maximum atomic E-state index is 14.0. The minimum Gasteiger partial charge on any atom is -0.455 e. The van der Waals surface area contributed by atoms with Gasteiger partial charge in [0.25, 0.3) is 21.6 Å². The van der Waals surface area contributed by atoms with E-state index in [1.807, 2.05) is 18.2 Å². The summed E-state index contributed by atoms with van der Waals surface area (Å²) in [6.07, 6.45) is 7.44. The van der Waals surface area contributed by atoms with Crippen molar-refractivity contribution < 1.29 is 27.6 Å². The number of piperazine rings is 1. The van der Waals surface area contributed by atoms with Gasteiger partial charge in [-0.3, -0.25) is 24.7 Å². The summed E-state index contributed by atoms with van der Waals surface area (Å²) in [5.41, 5.74) is 5.57. The summed E-state index contributed by atoms with van der Waals surface area (Å²) in [5, 5.41) is 16.9. The predicted octanol–water partition coefficient (Wildman–Crippen LogP) is 7.71. The normalized spacial score (nSPS) is 19.9. The zero-order chi connectivity index (χ0) is 43.9. The fraction of sp³-hybridized carbons (Fsp3) is 0.391. The number of pyridine rings is 1. The average Bonchev–Trinajstić information content (AvgIpc) is 3.96. The number of amides is 1. The fourth-order valence-electron chi connectivity index (χ4n) is 9.10. The number of aromatic amines is 1. The van der Waals surface area contributed by atoms with Crippen molar-refractivity contribution in [1.82, 2.24) is 24.5 Å². The van der Waals surface area contributed by atoms with E-state index in [4.69, 9.17) is 21.1 Å². The van der Waals surface area contributed by atoms with Crippen LogP contribution in [0.5, 0.6) is 11.5 Å². The molecular weight excluding hydrogens is 844 g/mol. The minimum absolute atomic E-state index is 0.0352. The Kier molecular flexibility index (Phi) is 11.9. The smallest absolute Gasteiger partial charge is 0.293 e. The summed E-state index contributed by atoms with van der Waals surface area (Å²) in [6, 6.07) is 20.8. The first kappa shape index (κ1) is 42.8. The van der Waals surface area contributed by atoms with Crippen LogP contribution in [0.4, 0.5) is 17.1 Å². The van der Waals surface area contributed by atoms with Gasteiger partial charge < -0.3 is 24.7 Å². The molecule has 0 spiro atoms. The largest absolute Gasteiger partial charge is 0.455 e. The van der Waals surface area contributed by atoms with Crippen molar-refractivity contribution >= 4 is 61.2 Å². The second-order valence-electron chi connectivity index (χ2n) is 17.7. The van der Waals surface area contributed by atoms with Crippen LogP contribution in [0, 0.1) is 15.5 Å². The van der Waals surface area contributed by atoms with Crippen LogP contribution in [0.3, 0.4) is 0 Å². The number of carbonyl (C=O) groups is 1. The lowest BCUT2D eigenvalue weighted by Crippen LogP contribution is -2.58. The number of hydrogen-bond acceptors (Lipinski definition) is 12. The van der Waals surface area contributed by atoms with E-state index >= 15 is 0 Å². The third-order valence-electron chi connectivity index (χ3n) is 12.7. The predicted molar refractivity (Wildman–Crippen MR) is 243 cm³/mol. The Balaban J connectivity index is 0.916. The Morgan fingerprint density at radius 1 is 1.05 bits per heavy atom. The molecule has 0 bridgehead atoms. The number of sulfonamides is 1. The van der Waals surface area contributed by atoms with Crippen LogP contribution >= 0.6 is 11.6 Å². The Labute approximate surface area is 371 Å². The number of aromatic nitrogens is 2. The molecule has 15 nitrogen and oxygen atoms in total. The number of benzene rings is 3. The highest BCUT2D eigenvalue weighted by atomic mass is 35.5. The van der Waals surface area contributed by atoms with Gasteiger partial charge in [0.15, 0.2) is 0 Å². The number of nitrogens with zero attached hydrogens (tertiary/aromatic N) is 5.